The van der Waals surface area contributed by atoms with E-state index in [1.165, 1.54) is 11.1 Å². The van der Waals surface area contributed by atoms with Gasteiger partial charge >= 0.3 is 0 Å². The second-order valence-corrected chi connectivity index (χ2v) is 7.74. The van der Waals surface area contributed by atoms with Crippen molar-refractivity contribution < 1.29 is 4.79 Å². The van der Waals surface area contributed by atoms with Gasteiger partial charge in [0.05, 0.1) is 6.54 Å². The smallest absolute Gasteiger partial charge is 0.272 e. The number of aliphatic imine (C=N–C) groups is 1. The molecule has 2 aliphatic carbocycles. The van der Waals surface area contributed by atoms with Crippen LogP contribution in [-0.4, -0.2) is 40.6 Å². The number of amides is 1. The Hall–Kier alpha value is -2.75. The summed E-state index contributed by atoms with van der Waals surface area (Å²) in [4.78, 5) is 24.3. The van der Waals surface area contributed by atoms with Crippen LogP contribution in [0.4, 0.5) is 0 Å². The zero-order valence-corrected chi connectivity index (χ0v) is 15.3. The lowest BCUT2D eigenvalue weighted by molar-refractivity contribution is 0.0639. The van der Waals surface area contributed by atoms with Gasteiger partial charge in [-0.25, -0.2) is 0 Å². The van der Waals surface area contributed by atoms with E-state index in [4.69, 9.17) is 0 Å². The molecule has 1 saturated carbocycles. The molecule has 1 fully saturated rings. The number of hydrogen-bond acceptors (Lipinski definition) is 3. The van der Waals surface area contributed by atoms with Crippen LogP contribution in [-0.2, 0) is 0 Å². The van der Waals surface area contributed by atoms with Gasteiger partial charge in [0.15, 0.2) is 0 Å². The molecule has 136 valence electrons. The third-order valence-electron chi connectivity index (χ3n) is 5.88. The van der Waals surface area contributed by atoms with E-state index in [0.717, 1.165) is 49.8 Å². The van der Waals surface area contributed by atoms with Crippen LogP contribution in [0.5, 0.6) is 0 Å². The molecule has 0 bridgehead atoms. The average Bonchev–Trinajstić information content (AvgIpc) is 3.44. The Morgan fingerprint density at radius 1 is 0.963 bits per heavy atom. The van der Waals surface area contributed by atoms with Crippen LogP contribution >= 0.6 is 0 Å². The summed E-state index contributed by atoms with van der Waals surface area (Å²) in [6, 6.07) is 14.7. The second-order valence-electron chi connectivity index (χ2n) is 7.74. The monoisotopic (exact) mass is 357 g/mol. The highest BCUT2D eigenvalue weighted by atomic mass is 16.2. The van der Waals surface area contributed by atoms with Gasteiger partial charge in [0.2, 0.25) is 0 Å². The van der Waals surface area contributed by atoms with Crippen molar-refractivity contribution in [3.63, 3.8) is 0 Å². The van der Waals surface area contributed by atoms with Gasteiger partial charge in [-0.05, 0) is 54.9 Å². The maximum Gasteiger partial charge on any atom is 0.272 e. The molecule has 0 radical (unpaired) electrons. The Bertz CT molecular complexity index is 910. The van der Waals surface area contributed by atoms with Gasteiger partial charge in [0.25, 0.3) is 5.91 Å². The van der Waals surface area contributed by atoms with Crippen molar-refractivity contribution >= 4 is 12.1 Å². The van der Waals surface area contributed by atoms with E-state index in [2.05, 4.69) is 27.0 Å². The molecule has 2 heterocycles. The molecule has 0 N–H and O–H groups in total. The molecule has 1 aliphatic heterocycles. The number of rotatable bonds is 4. The summed E-state index contributed by atoms with van der Waals surface area (Å²) in [6.07, 6.45) is 9.13. The molecule has 3 aliphatic rings. The third-order valence-corrected chi connectivity index (χ3v) is 5.88. The predicted octanol–water partition coefficient (Wildman–Crippen LogP) is 4.29. The quantitative estimate of drug-likeness (QED) is 0.819. The summed E-state index contributed by atoms with van der Waals surface area (Å²) in [6.45, 7) is 0.863. The normalized spacial score (nSPS) is 21.3. The van der Waals surface area contributed by atoms with E-state index in [1.54, 1.807) is 0 Å². The molecule has 1 atom stereocenters. The first kappa shape index (κ1) is 16.4. The Kier molecular flexibility index (Phi) is 4.12. The molecule has 0 saturated heterocycles. The summed E-state index contributed by atoms with van der Waals surface area (Å²) in [5, 5.41) is 0. The van der Waals surface area contributed by atoms with Crippen molar-refractivity contribution in [2.75, 3.05) is 6.54 Å². The van der Waals surface area contributed by atoms with Crippen molar-refractivity contribution in [2.24, 2.45) is 4.99 Å². The Morgan fingerprint density at radius 3 is 2.56 bits per heavy atom. The van der Waals surface area contributed by atoms with Gasteiger partial charge < -0.3 is 4.90 Å². The van der Waals surface area contributed by atoms with Crippen LogP contribution in [0, 0.1) is 0 Å². The Morgan fingerprint density at radius 2 is 1.81 bits per heavy atom. The van der Waals surface area contributed by atoms with Crippen LogP contribution in [0.3, 0.4) is 0 Å². The maximum atomic E-state index is 13.3. The van der Waals surface area contributed by atoms with E-state index in [1.807, 2.05) is 42.7 Å². The molecule has 1 aromatic carbocycles. The van der Waals surface area contributed by atoms with E-state index in [9.17, 15) is 4.79 Å². The molecule has 1 amide bonds. The first-order valence-electron chi connectivity index (χ1n) is 9.84. The molecule has 5 rings (SSSR count). The van der Waals surface area contributed by atoms with E-state index in [-0.39, 0.29) is 11.9 Å². The van der Waals surface area contributed by atoms with Crippen molar-refractivity contribution in [3.8, 4) is 11.1 Å². The van der Waals surface area contributed by atoms with Gasteiger partial charge in [-0.3, -0.25) is 14.8 Å². The number of carbonyl (C=O) groups is 1. The number of benzene rings is 1. The third kappa shape index (κ3) is 3.20. The predicted molar refractivity (Wildman–Crippen MR) is 107 cm³/mol. The number of aromatic nitrogens is 1. The highest BCUT2D eigenvalue weighted by Crippen LogP contribution is 2.37. The number of nitrogens with zero attached hydrogens (tertiary/aromatic N) is 3. The zero-order chi connectivity index (χ0) is 18.2. The fourth-order valence-electron chi connectivity index (χ4n) is 4.27. The molecular formula is C23H23N3O. The first-order valence-corrected chi connectivity index (χ1v) is 9.84. The lowest BCUT2D eigenvalue weighted by atomic mass is 9.88. The lowest BCUT2D eigenvalue weighted by Crippen LogP contribution is -2.43. The van der Waals surface area contributed by atoms with Gasteiger partial charge in [0.1, 0.15) is 5.69 Å². The summed E-state index contributed by atoms with van der Waals surface area (Å²) >= 11 is 0. The van der Waals surface area contributed by atoms with Crippen molar-refractivity contribution in [1.29, 1.82) is 0 Å². The molecule has 0 spiro atoms. The minimum Gasteiger partial charge on any atom is -0.331 e. The summed E-state index contributed by atoms with van der Waals surface area (Å²) < 4.78 is 0. The molecular weight excluding hydrogens is 334 g/mol. The first-order chi connectivity index (χ1) is 13.3. The Balaban J connectivity index is 1.37. The van der Waals surface area contributed by atoms with Crippen LogP contribution in [0.2, 0.25) is 0 Å². The van der Waals surface area contributed by atoms with Crippen molar-refractivity contribution in [2.45, 2.75) is 44.2 Å². The molecule has 27 heavy (non-hydrogen) atoms. The van der Waals surface area contributed by atoms with Gasteiger partial charge in [-0.2, -0.15) is 0 Å². The van der Waals surface area contributed by atoms with E-state index < -0.39 is 0 Å². The molecule has 1 aromatic heterocycles. The molecule has 2 aromatic rings. The number of hydrogen-bond donors (Lipinski definition) is 0. The average molecular weight is 357 g/mol. The lowest BCUT2D eigenvalue weighted by Gasteiger charge is -2.35. The summed E-state index contributed by atoms with van der Waals surface area (Å²) in [5.74, 6) is 0.0843. The number of pyridine rings is 1. The minimum atomic E-state index is 0.0843. The SMILES string of the molecule is O=C(c1ccc(-c2ccccc2)cn1)N(C1CC1)C1CCC2=C(C=NC2)C1. The highest BCUT2D eigenvalue weighted by Gasteiger charge is 2.39. The van der Waals surface area contributed by atoms with Crippen LogP contribution < -0.4 is 0 Å². The van der Waals surface area contributed by atoms with Crippen LogP contribution in [0.25, 0.3) is 11.1 Å². The van der Waals surface area contributed by atoms with Crippen molar-refractivity contribution in [3.05, 3.63) is 65.5 Å². The molecule has 4 heteroatoms. The topological polar surface area (TPSA) is 45.6 Å². The van der Waals surface area contributed by atoms with Gasteiger partial charge in [-0.15, -0.1) is 0 Å². The minimum absolute atomic E-state index is 0.0843. The van der Waals surface area contributed by atoms with Gasteiger partial charge in [0, 0.05) is 30.1 Å². The Labute approximate surface area is 159 Å². The second kappa shape index (κ2) is 6.76. The summed E-state index contributed by atoms with van der Waals surface area (Å²) in [5.41, 5.74) is 5.55. The summed E-state index contributed by atoms with van der Waals surface area (Å²) in [7, 11) is 0. The highest BCUT2D eigenvalue weighted by molar-refractivity contribution is 5.93. The fraction of sp³-hybridized carbons (Fsp3) is 0.348. The maximum absolute atomic E-state index is 13.3. The van der Waals surface area contributed by atoms with Crippen LogP contribution in [0.15, 0.2) is 64.8 Å². The zero-order valence-electron chi connectivity index (χ0n) is 15.3. The van der Waals surface area contributed by atoms with Crippen LogP contribution in [0.1, 0.15) is 42.6 Å². The van der Waals surface area contributed by atoms with E-state index >= 15 is 0 Å². The standard InChI is InChI=1S/C23H23N3O/c27-23(22-11-7-18(15-25-22)16-4-2-1-3-5-16)26(20-9-10-20)21-8-6-17-13-24-14-19(17)12-21/h1-5,7,11,14-15,20-21H,6,8-10,12-13H2. The van der Waals surface area contributed by atoms with Gasteiger partial charge in [-0.1, -0.05) is 36.4 Å². The molecule has 4 nitrogen and oxygen atoms in total. The number of carbonyl (C=O) groups excluding carboxylic acids is 1. The van der Waals surface area contributed by atoms with E-state index in [0.29, 0.717) is 11.7 Å². The largest absolute Gasteiger partial charge is 0.331 e. The molecule has 1 unspecified atom stereocenters. The fourth-order valence-corrected chi connectivity index (χ4v) is 4.27. The van der Waals surface area contributed by atoms with Crippen molar-refractivity contribution in [1.82, 2.24) is 9.88 Å².